The monoisotopic (exact) mass is 266 g/mol. The Bertz CT molecular complexity index is 489. The van der Waals surface area contributed by atoms with Gasteiger partial charge in [0.1, 0.15) is 10.7 Å². The van der Waals surface area contributed by atoms with E-state index in [-0.39, 0.29) is 6.03 Å². The molecule has 1 N–H and O–H groups in total. The Morgan fingerprint density at radius 3 is 2.28 bits per heavy atom. The van der Waals surface area contributed by atoms with Gasteiger partial charge in [-0.25, -0.2) is 4.79 Å². The Morgan fingerprint density at radius 2 is 1.89 bits per heavy atom. The summed E-state index contributed by atoms with van der Waals surface area (Å²) in [6.45, 7) is 0. The van der Waals surface area contributed by atoms with Gasteiger partial charge in [-0.1, -0.05) is 24.4 Å². The summed E-state index contributed by atoms with van der Waals surface area (Å²) < 4.78 is 10.6. The van der Waals surface area contributed by atoms with Crippen molar-refractivity contribution in [2.24, 2.45) is 0 Å². The average molecular weight is 266 g/mol. The van der Waals surface area contributed by atoms with E-state index in [1.165, 1.54) is 12.0 Å². The van der Waals surface area contributed by atoms with Crippen LogP contribution in [0.2, 0.25) is 0 Å². The molecule has 6 heteroatoms. The normalized spacial score (nSPS) is 23.2. The molecule has 1 aromatic carbocycles. The molecule has 2 rings (SSSR count). The van der Waals surface area contributed by atoms with E-state index in [1.807, 2.05) is 12.1 Å². The standard InChI is InChI=1S/C12H14N2O3S/c1-14-10(18)12(17-3,13-11(14)15)8-4-6-9(16-2)7-5-8/h4-7H,1-3H3,(H,13,15). The van der Waals surface area contributed by atoms with Crippen LogP contribution in [0, 0.1) is 0 Å². The van der Waals surface area contributed by atoms with Crippen molar-refractivity contribution in [3.05, 3.63) is 29.8 Å². The van der Waals surface area contributed by atoms with Gasteiger partial charge in [0.15, 0.2) is 0 Å². The van der Waals surface area contributed by atoms with E-state index in [0.717, 1.165) is 11.3 Å². The first-order chi connectivity index (χ1) is 8.55. The second kappa shape index (κ2) is 4.55. The van der Waals surface area contributed by atoms with E-state index in [1.54, 1.807) is 26.3 Å². The summed E-state index contributed by atoms with van der Waals surface area (Å²) in [5, 5.41) is 2.75. The maximum absolute atomic E-state index is 11.7. The van der Waals surface area contributed by atoms with Crippen molar-refractivity contribution in [2.45, 2.75) is 5.72 Å². The lowest BCUT2D eigenvalue weighted by atomic mass is 10.0. The fourth-order valence-electron chi connectivity index (χ4n) is 1.89. The number of nitrogens with one attached hydrogen (secondary N) is 1. The summed E-state index contributed by atoms with van der Waals surface area (Å²) in [6.07, 6.45) is 0. The van der Waals surface area contributed by atoms with E-state index in [0.29, 0.717) is 4.99 Å². The predicted octanol–water partition coefficient (Wildman–Crippen LogP) is 1.48. The van der Waals surface area contributed by atoms with E-state index >= 15 is 0 Å². The number of methoxy groups -OCH3 is 2. The van der Waals surface area contributed by atoms with Crippen molar-refractivity contribution < 1.29 is 14.3 Å². The Balaban J connectivity index is 2.44. The van der Waals surface area contributed by atoms with Crippen LogP contribution >= 0.6 is 12.2 Å². The zero-order valence-corrected chi connectivity index (χ0v) is 11.2. The van der Waals surface area contributed by atoms with Crippen LogP contribution in [0.4, 0.5) is 4.79 Å². The number of thiocarbonyl (C=S) groups is 1. The third kappa shape index (κ3) is 1.74. The fraction of sp³-hybridized carbons (Fsp3) is 0.333. The Morgan fingerprint density at radius 1 is 1.28 bits per heavy atom. The zero-order valence-electron chi connectivity index (χ0n) is 10.4. The minimum atomic E-state index is -1.08. The Hall–Kier alpha value is -1.66. The molecule has 1 atom stereocenters. The maximum Gasteiger partial charge on any atom is 0.324 e. The lowest BCUT2D eigenvalue weighted by Gasteiger charge is -2.27. The fourth-order valence-corrected chi connectivity index (χ4v) is 2.23. The summed E-state index contributed by atoms with van der Waals surface area (Å²) >= 11 is 5.28. The number of carbonyl (C=O) groups excluding carboxylic acids is 1. The highest BCUT2D eigenvalue weighted by atomic mass is 32.1. The molecule has 0 radical (unpaired) electrons. The van der Waals surface area contributed by atoms with Crippen LogP contribution in [0.25, 0.3) is 0 Å². The summed E-state index contributed by atoms with van der Waals surface area (Å²) in [7, 11) is 4.72. The van der Waals surface area contributed by atoms with Crippen LogP contribution in [0.1, 0.15) is 5.56 Å². The van der Waals surface area contributed by atoms with E-state index in [2.05, 4.69) is 5.32 Å². The van der Waals surface area contributed by atoms with Gasteiger partial charge in [0.2, 0.25) is 5.72 Å². The van der Waals surface area contributed by atoms with Gasteiger partial charge in [-0.05, 0) is 12.1 Å². The molecule has 1 aliphatic rings. The van der Waals surface area contributed by atoms with E-state index < -0.39 is 5.72 Å². The summed E-state index contributed by atoms with van der Waals surface area (Å²) in [5.41, 5.74) is -0.318. The number of rotatable bonds is 3. The molecule has 1 fully saturated rings. The number of hydrogen-bond acceptors (Lipinski definition) is 4. The number of likely N-dealkylation sites (N-methyl/N-ethyl adjacent to an activating group) is 1. The lowest BCUT2D eigenvalue weighted by molar-refractivity contribution is 0.0361. The molecule has 0 aliphatic carbocycles. The number of ether oxygens (including phenoxy) is 2. The third-order valence-corrected chi connectivity index (χ3v) is 3.56. The molecule has 0 spiro atoms. The van der Waals surface area contributed by atoms with Gasteiger partial charge in [0, 0.05) is 19.7 Å². The number of urea groups is 1. The minimum absolute atomic E-state index is 0.280. The van der Waals surface area contributed by atoms with Gasteiger partial charge in [0.25, 0.3) is 0 Å². The highest BCUT2D eigenvalue weighted by Crippen LogP contribution is 2.31. The second-order valence-electron chi connectivity index (χ2n) is 3.91. The van der Waals surface area contributed by atoms with Crippen LogP contribution in [0.5, 0.6) is 5.75 Å². The number of benzene rings is 1. The number of carbonyl (C=O) groups is 1. The predicted molar refractivity (Wildman–Crippen MR) is 70.6 cm³/mol. The van der Waals surface area contributed by atoms with Gasteiger partial charge in [-0.15, -0.1) is 0 Å². The van der Waals surface area contributed by atoms with Crippen molar-refractivity contribution >= 4 is 23.2 Å². The molecule has 5 nitrogen and oxygen atoms in total. The lowest BCUT2D eigenvalue weighted by Crippen LogP contribution is -2.44. The molecule has 1 aromatic rings. The second-order valence-corrected chi connectivity index (χ2v) is 4.29. The van der Waals surface area contributed by atoms with Gasteiger partial charge in [-0.3, -0.25) is 10.2 Å². The van der Waals surface area contributed by atoms with Gasteiger partial charge < -0.3 is 9.47 Å². The van der Waals surface area contributed by atoms with Crippen molar-refractivity contribution in [2.75, 3.05) is 21.3 Å². The van der Waals surface area contributed by atoms with Crippen molar-refractivity contribution in [3.63, 3.8) is 0 Å². The molecule has 1 unspecified atom stereocenters. The van der Waals surface area contributed by atoms with Crippen molar-refractivity contribution in [1.82, 2.24) is 10.2 Å². The maximum atomic E-state index is 11.7. The minimum Gasteiger partial charge on any atom is -0.497 e. The molecular weight excluding hydrogens is 252 g/mol. The van der Waals surface area contributed by atoms with Crippen LogP contribution in [0.3, 0.4) is 0 Å². The van der Waals surface area contributed by atoms with E-state index in [9.17, 15) is 4.79 Å². The smallest absolute Gasteiger partial charge is 0.324 e. The molecule has 0 bridgehead atoms. The topological polar surface area (TPSA) is 50.8 Å². The number of hydrogen-bond donors (Lipinski definition) is 1. The molecule has 2 amide bonds. The molecule has 0 saturated carbocycles. The quantitative estimate of drug-likeness (QED) is 0.842. The number of amides is 2. The van der Waals surface area contributed by atoms with Crippen LogP contribution < -0.4 is 10.1 Å². The largest absolute Gasteiger partial charge is 0.497 e. The Labute approximate surface area is 111 Å². The molecule has 1 saturated heterocycles. The summed E-state index contributed by atoms with van der Waals surface area (Å²) in [5.74, 6) is 0.730. The van der Waals surface area contributed by atoms with Crippen LogP contribution in [-0.4, -0.2) is 37.2 Å². The molecule has 18 heavy (non-hydrogen) atoms. The highest BCUT2D eigenvalue weighted by molar-refractivity contribution is 7.80. The van der Waals surface area contributed by atoms with Crippen LogP contribution in [-0.2, 0) is 10.5 Å². The molecule has 1 heterocycles. The third-order valence-electron chi connectivity index (χ3n) is 3.00. The SMILES string of the molecule is COc1ccc(C2(OC)NC(=O)N(C)C2=S)cc1. The first-order valence-corrected chi connectivity index (χ1v) is 5.76. The molecule has 1 aliphatic heterocycles. The molecular formula is C12H14N2O3S. The van der Waals surface area contributed by atoms with Crippen LogP contribution in [0.15, 0.2) is 24.3 Å². The average Bonchev–Trinajstić information content (AvgIpc) is 2.64. The summed E-state index contributed by atoms with van der Waals surface area (Å²) in [4.78, 5) is 13.4. The molecule has 96 valence electrons. The first kappa shape index (κ1) is 12.8. The van der Waals surface area contributed by atoms with Crippen molar-refractivity contribution in [3.8, 4) is 5.75 Å². The van der Waals surface area contributed by atoms with E-state index in [4.69, 9.17) is 21.7 Å². The Kier molecular flexibility index (Phi) is 3.23. The number of nitrogens with zero attached hydrogens (tertiary/aromatic N) is 1. The highest BCUT2D eigenvalue weighted by Gasteiger charge is 2.48. The summed E-state index contributed by atoms with van der Waals surface area (Å²) in [6, 6.07) is 6.94. The van der Waals surface area contributed by atoms with Gasteiger partial charge >= 0.3 is 6.03 Å². The molecule has 0 aromatic heterocycles. The first-order valence-electron chi connectivity index (χ1n) is 5.35. The van der Waals surface area contributed by atoms with Gasteiger partial charge in [0.05, 0.1) is 7.11 Å². The van der Waals surface area contributed by atoms with Gasteiger partial charge in [-0.2, -0.15) is 0 Å². The zero-order chi connectivity index (χ0) is 13.3. The van der Waals surface area contributed by atoms with Crippen molar-refractivity contribution in [1.29, 1.82) is 0 Å².